The van der Waals surface area contributed by atoms with Crippen molar-refractivity contribution < 1.29 is 4.74 Å². The molecular formula is C10H21NO. The summed E-state index contributed by atoms with van der Waals surface area (Å²) in [6.07, 6.45) is 4.12. The van der Waals surface area contributed by atoms with Crippen LogP contribution in [-0.4, -0.2) is 25.8 Å². The number of ether oxygens (including phenoxy) is 1. The van der Waals surface area contributed by atoms with Crippen molar-refractivity contribution in [2.24, 2.45) is 5.92 Å². The highest BCUT2D eigenvalue weighted by Crippen LogP contribution is 2.09. The van der Waals surface area contributed by atoms with Gasteiger partial charge in [-0.15, -0.1) is 0 Å². The quantitative estimate of drug-likeness (QED) is 0.658. The molecule has 1 fully saturated rings. The van der Waals surface area contributed by atoms with Gasteiger partial charge in [0.15, 0.2) is 0 Å². The Labute approximate surface area is 75.7 Å². The van der Waals surface area contributed by atoms with Crippen molar-refractivity contribution >= 4 is 0 Å². The predicted molar refractivity (Wildman–Crippen MR) is 51.3 cm³/mol. The van der Waals surface area contributed by atoms with Gasteiger partial charge in [0.25, 0.3) is 0 Å². The number of hydrogen-bond acceptors (Lipinski definition) is 2. The first-order valence-corrected chi connectivity index (χ1v) is 5.15. The highest BCUT2D eigenvalue weighted by atomic mass is 16.5. The van der Waals surface area contributed by atoms with E-state index in [1.807, 2.05) is 0 Å². The maximum atomic E-state index is 5.66. The normalized spacial score (nSPS) is 20.5. The smallest absolute Gasteiger partial charge is 0.0546 e. The second kappa shape index (κ2) is 5.55. The molecule has 1 N–H and O–H groups in total. The summed E-state index contributed by atoms with van der Waals surface area (Å²) in [5.41, 5.74) is 0. The molecule has 0 aromatic rings. The standard InChI is InChI=1S/C10H21NO/c1-3-4-9(2)12-6-5-10-7-11-8-10/h9-11H,3-8H2,1-2H3. The van der Waals surface area contributed by atoms with Crippen molar-refractivity contribution in [1.29, 1.82) is 0 Å². The van der Waals surface area contributed by atoms with Crippen LogP contribution in [-0.2, 0) is 4.74 Å². The molecule has 1 aliphatic rings. The fourth-order valence-corrected chi connectivity index (χ4v) is 1.48. The van der Waals surface area contributed by atoms with E-state index in [0.29, 0.717) is 6.10 Å². The van der Waals surface area contributed by atoms with E-state index in [1.54, 1.807) is 0 Å². The molecule has 0 bridgehead atoms. The summed E-state index contributed by atoms with van der Waals surface area (Å²) in [5.74, 6) is 0.888. The second-order valence-corrected chi connectivity index (χ2v) is 3.78. The van der Waals surface area contributed by atoms with Crippen molar-refractivity contribution in [2.45, 2.75) is 39.2 Å². The molecule has 12 heavy (non-hydrogen) atoms. The van der Waals surface area contributed by atoms with Gasteiger partial charge in [0, 0.05) is 6.61 Å². The summed E-state index contributed by atoms with van der Waals surface area (Å²) in [7, 11) is 0. The maximum absolute atomic E-state index is 5.66. The molecule has 1 atom stereocenters. The third-order valence-electron chi connectivity index (χ3n) is 2.49. The third kappa shape index (κ3) is 3.55. The van der Waals surface area contributed by atoms with Gasteiger partial charge in [-0.3, -0.25) is 0 Å². The van der Waals surface area contributed by atoms with Gasteiger partial charge in [-0.1, -0.05) is 13.3 Å². The molecule has 0 aliphatic carbocycles. The van der Waals surface area contributed by atoms with Crippen molar-refractivity contribution in [2.75, 3.05) is 19.7 Å². The largest absolute Gasteiger partial charge is 0.378 e. The Balaban J connectivity index is 1.86. The first-order chi connectivity index (χ1) is 5.83. The van der Waals surface area contributed by atoms with E-state index in [9.17, 15) is 0 Å². The summed E-state index contributed by atoms with van der Waals surface area (Å²) in [5, 5.41) is 3.27. The van der Waals surface area contributed by atoms with E-state index in [-0.39, 0.29) is 0 Å². The van der Waals surface area contributed by atoms with Crippen LogP contribution in [0, 0.1) is 5.92 Å². The topological polar surface area (TPSA) is 21.3 Å². The lowest BCUT2D eigenvalue weighted by Gasteiger charge is -2.27. The monoisotopic (exact) mass is 171 g/mol. The molecule has 2 nitrogen and oxygen atoms in total. The van der Waals surface area contributed by atoms with Crippen molar-refractivity contribution in [3.8, 4) is 0 Å². The van der Waals surface area contributed by atoms with Gasteiger partial charge < -0.3 is 10.1 Å². The summed E-state index contributed by atoms with van der Waals surface area (Å²) in [6.45, 7) is 7.72. The van der Waals surface area contributed by atoms with E-state index in [1.165, 1.54) is 32.4 Å². The Bertz CT molecular complexity index is 112. The molecule has 1 heterocycles. The molecule has 0 aromatic heterocycles. The fourth-order valence-electron chi connectivity index (χ4n) is 1.48. The van der Waals surface area contributed by atoms with E-state index < -0.39 is 0 Å². The number of hydrogen-bond donors (Lipinski definition) is 1. The molecule has 1 saturated heterocycles. The van der Waals surface area contributed by atoms with Gasteiger partial charge in [-0.25, -0.2) is 0 Å². The third-order valence-corrected chi connectivity index (χ3v) is 2.49. The molecule has 0 amide bonds. The molecule has 0 spiro atoms. The van der Waals surface area contributed by atoms with Crippen LogP contribution in [0.1, 0.15) is 33.1 Å². The molecule has 0 saturated carbocycles. The van der Waals surface area contributed by atoms with E-state index in [4.69, 9.17) is 4.74 Å². The Morgan fingerprint density at radius 3 is 2.75 bits per heavy atom. The minimum Gasteiger partial charge on any atom is -0.378 e. The molecule has 1 aliphatic heterocycles. The second-order valence-electron chi connectivity index (χ2n) is 3.78. The SMILES string of the molecule is CCCC(C)OCCC1CNC1. The molecule has 2 heteroatoms. The van der Waals surface area contributed by atoms with Gasteiger partial charge in [0.2, 0.25) is 0 Å². The van der Waals surface area contributed by atoms with Gasteiger partial charge >= 0.3 is 0 Å². The lowest BCUT2D eigenvalue weighted by atomic mass is 10.0. The van der Waals surface area contributed by atoms with Crippen LogP contribution in [0.5, 0.6) is 0 Å². The predicted octanol–water partition coefficient (Wildman–Crippen LogP) is 1.80. The average molecular weight is 171 g/mol. The fraction of sp³-hybridized carbons (Fsp3) is 1.00. The zero-order valence-electron chi connectivity index (χ0n) is 8.31. The summed E-state index contributed by atoms with van der Waals surface area (Å²) in [6, 6.07) is 0. The molecule has 1 unspecified atom stereocenters. The van der Waals surface area contributed by atoms with Crippen LogP contribution < -0.4 is 5.32 Å². The van der Waals surface area contributed by atoms with E-state index >= 15 is 0 Å². The van der Waals surface area contributed by atoms with Crippen molar-refractivity contribution in [3.63, 3.8) is 0 Å². The maximum Gasteiger partial charge on any atom is 0.0546 e. The zero-order chi connectivity index (χ0) is 8.81. The number of rotatable bonds is 6. The van der Waals surface area contributed by atoms with Crippen LogP contribution in [0.2, 0.25) is 0 Å². The van der Waals surface area contributed by atoms with Crippen LogP contribution in [0.25, 0.3) is 0 Å². The Kier molecular flexibility index (Phi) is 4.62. The molecular weight excluding hydrogens is 150 g/mol. The van der Waals surface area contributed by atoms with Gasteiger partial charge in [0.05, 0.1) is 6.10 Å². The minimum absolute atomic E-state index is 0.461. The van der Waals surface area contributed by atoms with Crippen LogP contribution in [0.15, 0.2) is 0 Å². The first kappa shape index (κ1) is 10.0. The molecule has 72 valence electrons. The van der Waals surface area contributed by atoms with Gasteiger partial charge in [0.1, 0.15) is 0 Å². The lowest BCUT2D eigenvalue weighted by Crippen LogP contribution is -2.42. The van der Waals surface area contributed by atoms with Crippen LogP contribution in [0.3, 0.4) is 0 Å². The van der Waals surface area contributed by atoms with Crippen molar-refractivity contribution in [3.05, 3.63) is 0 Å². The highest BCUT2D eigenvalue weighted by Gasteiger charge is 2.16. The lowest BCUT2D eigenvalue weighted by molar-refractivity contribution is 0.0464. The van der Waals surface area contributed by atoms with Gasteiger partial charge in [-0.05, 0) is 38.8 Å². The Hall–Kier alpha value is -0.0800. The summed E-state index contributed by atoms with van der Waals surface area (Å²) in [4.78, 5) is 0. The zero-order valence-corrected chi connectivity index (χ0v) is 8.31. The summed E-state index contributed by atoms with van der Waals surface area (Å²) < 4.78 is 5.66. The average Bonchev–Trinajstić information content (AvgIpc) is 1.95. The minimum atomic E-state index is 0.461. The van der Waals surface area contributed by atoms with E-state index in [2.05, 4.69) is 19.2 Å². The van der Waals surface area contributed by atoms with Crippen LogP contribution in [0.4, 0.5) is 0 Å². The van der Waals surface area contributed by atoms with Crippen LogP contribution >= 0.6 is 0 Å². The molecule has 0 radical (unpaired) electrons. The highest BCUT2D eigenvalue weighted by molar-refractivity contribution is 4.73. The summed E-state index contributed by atoms with van der Waals surface area (Å²) >= 11 is 0. The molecule has 0 aromatic carbocycles. The molecule has 1 rings (SSSR count). The van der Waals surface area contributed by atoms with Gasteiger partial charge in [-0.2, -0.15) is 0 Å². The Morgan fingerprint density at radius 2 is 2.25 bits per heavy atom. The number of nitrogens with one attached hydrogen (secondary N) is 1. The van der Waals surface area contributed by atoms with E-state index in [0.717, 1.165) is 12.5 Å². The van der Waals surface area contributed by atoms with Crippen molar-refractivity contribution in [1.82, 2.24) is 5.32 Å². The Morgan fingerprint density at radius 1 is 1.50 bits per heavy atom. The first-order valence-electron chi connectivity index (χ1n) is 5.15.